The van der Waals surface area contributed by atoms with Crippen LogP contribution in [0, 0.1) is 27.7 Å². The molecule has 0 saturated carbocycles. The number of pyridine rings is 1. The highest BCUT2D eigenvalue weighted by molar-refractivity contribution is 5.40. The number of benzene rings is 2. The molecule has 0 aliphatic carbocycles. The highest BCUT2D eigenvalue weighted by Crippen LogP contribution is 2.24. The molecule has 2 aromatic carbocycles. The van der Waals surface area contributed by atoms with E-state index in [9.17, 15) is 0 Å². The second kappa shape index (κ2) is 10.8. The molecular weight excluding hydrogens is 372 g/mol. The fraction of sp³-hybridized carbons (Fsp3) is 0.346. The normalized spacial score (nSPS) is 11.0. The Labute approximate surface area is 180 Å². The van der Waals surface area contributed by atoms with Crippen LogP contribution in [0.15, 0.2) is 60.9 Å². The van der Waals surface area contributed by atoms with Gasteiger partial charge < -0.3 is 14.8 Å². The van der Waals surface area contributed by atoms with Gasteiger partial charge in [0.15, 0.2) is 0 Å². The maximum atomic E-state index is 6.23. The quantitative estimate of drug-likeness (QED) is 0.518. The molecule has 0 spiro atoms. The van der Waals surface area contributed by atoms with Crippen molar-refractivity contribution in [2.75, 3.05) is 19.8 Å². The van der Waals surface area contributed by atoms with E-state index in [2.05, 4.69) is 86.5 Å². The predicted molar refractivity (Wildman–Crippen MR) is 123 cm³/mol. The number of ether oxygens (including phenoxy) is 2. The van der Waals surface area contributed by atoms with Gasteiger partial charge in [0.1, 0.15) is 24.7 Å². The first kappa shape index (κ1) is 21.8. The number of aromatic nitrogens is 1. The van der Waals surface area contributed by atoms with Gasteiger partial charge in [0, 0.05) is 12.4 Å². The van der Waals surface area contributed by atoms with Gasteiger partial charge in [-0.25, -0.2) is 0 Å². The van der Waals surface area contributed by atoms with Gasteiger partial charge in [-0.1, -0.05) is 36.4 Å². The number of nitrogens with zero attached hydrogens (tertiary/aromatic N) is 1. The zero-order valence-electron chi connectivity index (χ0n) is 18.4. The van der Waals surface area contributed by atoms with E-state index in [0.29, 0.717) is 13.2 Å². The van der Waals surface area contributed by atoms with E-state index in [1.54, 1.807) is 0 Å². The summed E-state index contributed by atoms with van der Waals surface area (Å²) in [5, 5.41) is 3.62. The molecular formula is C26H32N2O2. The van der Waals surface area contributed by atoms with Gasteiger partial charge in [0.2, 0.25) is 0 Å². The van der Waals surface area contributed by atoms with E-state index in [1.807, 2.05) is 12.4 Å². The second-order valence-electron chi connectivity index (χ2n) is 7.82. The molecule has 158 valence electrons. The SMILES string of the molecule is Cc1cccc(C)c1OCC(COc1c(C)cccc1C)NCCc1ccncc1. The Morgan fingerprint density at radius 3 is 1.67 bits per heavy atom. The molecule has 0 fully saturated rings. The topological polar surface area (TPSA) is 43.4 Å². The molecule has 1 aromatic heterocycles. The summed E-state index contributed by atoms with van der Waals surface area (Å²) in [5.41, 5.74) is 5.88. The fourth-order valence-corrected chi connectivity index (χ4v) is 3.56. The first-order valence-corrected chi connectivity index (χ1v) is 10.5. The minimum atomic E-state index is 0.0739. The van der Waals surface area contributed by atoms with Crippen molar-refractivity contribution in [2.24, 2.45) is 0 Å². The number of hydrogen-bond donors (Lipinski definition) is 1. The Morgan fingerprint density at radius 2 is 1.20 bits per heavy atom. The Hall–Kier alpha value is -2.85. The summed E-state index contributed by atoms with van der Waals surface area (Å²) in [7, 11) is 0. The van der Waals surface area contributed by atoms with Crippen LogP contribution in [0.25, 0.3) is 0 Å². The van der Waals surface area contributed by atoms with Crippen LogP contribution in [0.3, 0.4) is 0 Å². The first-order chi connectivity index (χ1) is 14.5. The van der Waals surface area contributed by atoms with Gasteiger partial charge in [0.25, 0.3) is 0 Å². The molecule has 30 heavy (non-hydrogen) atoms. The maximum Gasteiger partial charge on any atom is 0.125 e. The van der Waals surface area contributed by atoms with E-state index in [0.717, 1.165) is 46.7 Å². The smallest absolute Gasteiger partial charge is 0.125 e. The van der Waals surface area contributed by atoms with Crippen LogP contribution in [0.1, 0.15) is 27.8 Å². The predicted octanol–water partition coefficient (Wildman–Crippen LogP) is 4.97. The Morgan fingerprint density at radius 1 is 0.733 bits per heavy atom. The molecule has 4 heteroatoms. The minimum Gasteiger partial charge on any atom is -0.491 e. The van der Waals surface area contributed by atoms with Crippen molar-refractivity contribution in [1.82, 2.24) is 10.3 Å². The van der Waals surface area contributed by atoms with Crippen molar-refractivity contribution in [3.8, 4) is 11.5 Å². The summed E-state index contributed by atoms with van der Waals surface area (Å²) in [6, 6.07) is 16.6. The lowest BCUT2D eigenvalue weighted by atomic mass is 10.1. The summed E-state index contributed by atoms with van der Waals surface area (Å²) in [4.78, 5) is 4.09. The molecule has 0 atom stereocenters. The molecule has 1 heterocycles. The lowest BCUT2D eigenvalue weighted by Crippen LogP contribution is -2.41. The van der Waals surface area contributed by atoms with Crippen LogP contribution >= 0.6 is 0 Å². The third-order valence-electron chi connectivity index (χ3n) is 5.27. The summed E-state index contributed by atoms with van der Waals surface area (Å²) in [5.74, 6) is 1.93. The largest absolute Gasteiger partial charge is 0.491 e. The first-order valence-electron chi connectivity index (χ1n) is 10.5. The third kappa shape index (κ3) is 6.07. The van der Waals surface area contributed by atoms with Crippen LogP contribution in [0.2, 0.25) is 0 Å². The van der Waals surface area contributed by atoms with Gasteiger partial charge in [0.05, 0.1) is 6.04 Å². The zero-order chi connectivity index (χ0) is 21.3. The lowest BCUT2D eigenvalue weighted by molar-refractivity contribution is 0.194. The summed E-state index contributed by atoms with van der Waals surface area (Å²) in [6.45, 7) is 10.3. The molecule has 0 aliphatic rings. The zero-order valence-corrected chi connectivity index (χ0v) is 18.4. The fourth-order valence-electron chi connectivity index (χ4n) is 3.56. The lowest BCUT2D eigenvalue weighted by Gasteiger charge is -2.22. The average molecular weight is 405 g/mol. The molecule has 0 aliphatic heterocycles. The molecule has 0 saturated heterocycles. The van der Waals surface area contributed by atoms with Crippen molar-refractivity contribution in [3.05, 3.63) is 88.7 Å². The molecule has 0 unspecified atom stereocenters. The van der Waals surface area contributed by atoms with E-state index in [4.69, 9.17) is 9.47 Å². The van der Waals surface area contributed by atoms with E-state index >= 15 is 0 Å². The minimum absolute atomic E-state index is 0.0739. The number of aryl methyl sites for hydroxylation is 4. The highest BCUT2D eigenvalue weighted by atomic mass is 16.5. The number of nitrogens with one attached hydrogen (secondary N) is 1. The third-order valence-corrected chi connectivity index (χ3v) is 5.27. The molecule has 1 N–H and O–H groups in total. The Kier molecular flexibility index (Phi) is 7.86. The second-order valence-corrected chi connectivity index (χ2v) is 7.82. The summed E-state index contributed by atoms with van der Waals surface area (Å²) >= 11 is 0. The van der Waals surface area contributed by atoms with E-state index in [1.165, 1.54) is 5.56 Å². The van der Waals surface area contributed by atoms with Crippen LogP contribution in [-0.2, 0) is 6.42 Å². The number of hydrogen-bond acceptors (Lipinski definition) is 4. The van der Waals surface area contributed by atoms with Crippen molar-refractivity contribution in [2.45, 2.75) is 40.2 Å². The van der Waals surface area contributed by atoms with Gasteiger partial charge in [-0.2, -0.15) is 0 Å². The highest BCUT2D eigenvalue weighted by Gasteiger charge is 2.14. The van der Waals surface area contributed by atoms with Gasteiger partial charge in [-0.15, -0.1) is 0 Å². The van der Waals surface area contributed by atoms with Gasteiger partial charge in [-0.3, -0.25) is 4.98 Å². The van der Waals surface area contributed by atoms with Crippen molar-refractivity contribution >= 4 is 0 Å². The maximum absolute atomic E-state index is 6.23. The molecule has 0 bridgehead atoms. The molecule has 0 amide bonds. The van der Waals surface area contributed by atoms with Crippen molar-refractivity contribution in [1.29, 1.82) is 0 Å². The molecule has 4 nitrogen and oxygen atoms in total. The van der Waals surface area contributed by atoms with Crippen LogP contribution in [0.5, 0.6) is 11.5 Å². The van der Waals surface area contributed by atoms with Crippen molar-refractivity contribution in [3.63, 3.8) is 0 Å². The molecule has 3 aromatic rings. The Bertz CT molecular complexity index is 845. The van der Waals surface area contributed by atoms with Crippen LogP contribution in [-0.4, -0.2) is 30.8 Å². The monoisotopic (exact) mass is 404 g/mol. The summed E-state index contributed by atoms with van der Waals surface area (Å²) in [6.07, 6.45) is 4.60. The van der Waals surface area contributed by atoms with Crippen molar-refractivity contribution < 1.29 is 9.47 Å². The Balaban J connectivity index is 1.64. The molecule has 0 radical (unpaired) electrons. The van der Waals surface area contributed by atoms with E-state index < -0.39 is 0 Å². The van der Waals surface area contributed by atoms with E-state index in [-0.39, 0.29) is 6.04 Å². The average Bonchev–Trinajstić information content (AvgIpc) is 2.73. The van der Waals surface area contributed by atoms with Gasteiger partial charge in [-0.05, 0) is 80.6 Å². The van der Waals surface area contributed by atoms with Crippen LogP contribution < -0.4 is 14.8 Å². The molecule has 3 rings (SSSR count). The standard InChI is InChI=1S/C26H32N2O2/c1-19-7-5-8-20(2)25(19)29-17-24(28-16-13-23-11-14-27-15-12-23)18-30-26-21(3)9-6-10-22(26)4/h5-12,14-15,24,28H,13,16-18H2,1-4H3. The number of rotatable bonds is 10. The van der Waals surface area contributed by atoms with Crippen LogP contribution in [0.4, 0.5) is 0 Å². The van der Waals surface area contributed by atoms with Gasteiger partial charge >= 0.3 is 0 Å². The number of para-hydroxylation sites is 2. The summed E-state index contributed by atoms with van der Waals surface area (Å²) < 4.78 is 12.5.